The molecular formula is C16H19NO3S2. The molecule has 0 bridgehead atoms. The number of ether oxygens (including phenoxy) is 1. The molecule has 0 spiro atoms. The molecule has 2 rings (SSSR count). The van der Waals surface area contributed by atoms with E-state index in [-0.39, 0.29) is 5.91 Å². The van der Waals surface area contributed by atoms with Crippen molar-refractivity contribution < 1.29 is 14.3 Å². The van der Waals surface area contributed by atoms with E-state index in [9.17, 15) is 9.59 Å². The zero-order valence-electron chi connectivity index (χ0n) is 12.9. The summed E-state index contributed by atoms with van der Waals surface area (Å²) in [7, 11) is 1.35. The number of aryl methyl sites for hydroxylation is 2. The fraction of sp³-hybridized carbons (Fsp3) is 0.375. The van der Waals surface area contributed by atoms with Gasteiger partial charge in [-0.1, -0.05) is 6.07 Å². The van der Waals surface area contributed by atoms with E-state index < -0.39 is 5.97 Å². The van der Waals surface area contributed by atoms with Crippen molar-refractivity contribution >= 4 is 39.6 Å². The lowest BCUT2D eigenvalue weighted by molar-refractivity contribution is -0.116. The summed E-state index contributed by atoms with van der Waals surface area (Å²) < 4.78 is 4.80. The molecule has 0 saturated heterocycles. The number of thiophene rings is 2. The molecule has 0 aliphatic heterocycles. The third kappa shape index (κ3) is 3.96. The van der Waals surface area contributed by atoms with Gasteiger partial charge in [-0.3, -0.25) is 4.79 Å². The molecule has 2 heterocycles. The van der Waals surface area contributed by atoms with Crippen LogP contribution in [0.3, 0.4) is 0 Å². The lowest BCUT2D eigenvalue weighted by Crippen LogP contribution is -2.14. The number of carbonyl (C=O) groups is 2. The Kier molecular flexibility index (Phi) is 5.74. The highest BCUT2D eigenvalue weighted by molar-refractivity contribution is 7.16. The second kappa shape index (κ2) is 7.56. The summed E-state index contributed by atoms with van der Waals surface area (Å²) in [5.74, 6) is -0.473. The number of nitrogens with one attached hydrogen (secondary N) is 1. The zero-order valence-corrected chi connectivity index (χ0v) is 14.5. The topological polar surface area (TPSA) is 55.4 Å². The largest absolute Gasteiger partial charge is 0.465 e. The maximum Gasteiger partial charge on any atom is 0.341 e. The molecule has 0 fully saturated rings. The van der Waals surface area contributed by atoms with Gasteiger partial charge in [-0.25, -0.2) is 4.79 Å². The van der Waals surface area contributed by atoms with E-state index >= 15 is 0 Å². The minimum Gasteiger partial charge on any atom is -0.465 e. The summed E-state index contributed by atoms with van der Waals surface area (Å²) >= 11 is 3.12. The van der Waals surface area contributed by atoms with E-state index in [0.717, 1.165) is 23.3 Å². The normalized spacial score (nSPS) is 10.5. The van der Waals surface area contributed by atoms with Crippen molar-refractivity contribution in [2.45, 2.75) is 33.1 Å². The maximum absolute atomic E-state index is 12.1. The molecule has 0 aliphatic carbocycles. The predicted molar refractivity (Wildman–Crippen MR) is 91.0 cm³/mol. The van der Waals surface area contributed by atoms with Crippen LogP contribution in [0.2, 0.25) is 0 Å². The van der Waals surface area contributed by atoms with Gasteiger partial charge >= 0.3 is 5.97 Å². The first-order valence-electron chi connectivity index (χ1n) is 7.03. The van der Waals surface area contributed by atoms with Crippen LogP contribution in [0.15, 0.2) is 17.5 Å². The predicted octanol–water partition coefficient (Wildman–Crippen LogP) is 4.17. The van der Waals surface area contributed by atoms with E-state index in [4.69, 9.17) is 4.74 Å². The van der Waals surface area contributed by atoms with Crippen molar-refractivity contribution in [3.05, 3.63) is 38.4 Å². The fourth-order valence-corrected chi connectivity index (χ4v) is 3.95. The van der Waals surface area contributed by atoms with Crippen molar-refractivity contribution in [2.75, 3.05) is 12.4 Å². The van der Waals surface area contributed by atoms with Crippen LogP contribution in [0.4, 0.5) is 5.00 Å². The summed E-state index contributed by atoms with van der Waals surface area (Å²) in [4.78, 5) is 26.2. The molecular weight excluding hydrogens is 318 g/mol. The second-order valence-electron chi connectivity index (χ2n) is 4.96. The van der Waals surface area contributed by atoms with Gasteiger partial charge in [0.05, 0.1) is 12.7 Å². The van der Waals surface area contributed by atoms with Crippen LogP contribution >= 0.6 is 22.7 Å². The molecule has 0 radical (unpaired) electrons. The van der Waals surface area contributed by atoms with Gasteiger partial charge in [-0.2, -0.15) is 0 Å². The first kappa shape index (κ1) is 16.7. The highest BCUT2D eigenvalue weighted by atomic mass is 32.1. The third-order valence-electron chi connectivity index (χ3n) is 3.43. The number of hydrogen-bond acceptors (Lipinski definition) is 5. The summed E-state index contributed by atoms with van der Waals surface area (Å²) in [5.41, 5.74) is 1.34. The Bertz CT molecular complexity index is 659. The summed E-state index contributed by atoms with van der Waals surface area (Å²) in [6.45, 7) is 3.80. The highest BCUT2D eigenvalue weighted by Crippen LogP contribution is 2.33. The average Bonchev–Trinajstić information content (AvgIpc) is 3.08. The van der Waals surface area contributed by atoms with E-state index in [1.165, 1.54) is 23.3 Å². The van der Waals surface area contributed by atoms with Crippen molar-refractivity contribution in [1.82, 2.24) is 0 Å². The van der Waals surface area contributed by atoms with Gasteiger partial charge in [0.1, 0.15) is 5.00 Å². The third-order valence-corrected chi connectivity index (χ3v) is 5.49. The first-order valence-corrected chi connectivity index (χ1v) is 8.73. The molecule has 0 aliphatic rings. The van der Waals surface area contributed by atoms with Crippen molar-refractivity contribution in [2.24, 2.45) is 0 Å². The van der Waals surface area contributed by atoms with Crippen LogP contribution in [0, 0.1) is 13.8 Å². The molecule has 0 saturated carbocycles. The van der Waals surface area contributed by atoms with Crippen molar-refractivity contribution in [3.8, 4) is 0 Å². The van der Waals surface area contributed by atoms with Gasteiger partial charge in [0.25, 0.3) is 0 Å². The molecule has 22 heavy (non-hydrogen) atoms. The Morgan fingerprint density at radius 1 is 1.32 bits per heavy atom. The van der Waals surface area contributed by atoms with Gasteiger partial charge in [0, 0.05) is 16.2 Å². The summed E-state index contributed by atoms with van der Waals surface area (Å²) in [6.07, 6.45) is 2.13. The van der Waals surface area contributed by atoms with Crippen molar-refractivity contribution in [3.63, 3.8) is 0 Å². The average molecular weight is 337 g/mol. The lowest BCUT2D eigenvalue weighted by atomic mass is 10.1. The number of anilines is 1. The number of esters is 1. The number of rotatable bonds is 6. The monoisotopic (exact) mass is 337 g/mol. The smallest absolute Gasteiger partial charge is 0.341 e. The van der Waals surface area contributed by atoms with E-state index in [1.54, 1.807) is 11.3 Å². The lowest BCUT2D eigenvalue weighted by Gasteiger charge is -2.06. The van der Waals surface area contributed by atoms with Gasteiger partial charge in [-0.05, 0) is 43.7 Å². The number of carbonyl (C=O) groups excluding carboxylic acids is 2. The van der Waals surface area contributed by atoms with Gasteiger partial charge < -0.3 is 10.1 Å². The van der Waals surface area contributed by atoms with Crippen molar-refractivity contribution in [1.29, 1.82) is 0 Å². The summed E-state index contributed by atoms with van der Waals surface area (Å²) in [5, 5.41) is 5.47. The van der Waals surface area contributed by atoms with Crippen LogP contribution in [0.25, 0.3) is 0 Å². The Hall–Kier alpha value is -1.66. The minimum atomic E-state index is -0.407. The maximum atomic E-state index is 12.1. The van der Waals surface area contributed by atoms with Crippen LogP contribution in [-0.4, -0.2) is 19.0 Å². The quantitative estimate of drug-likeness (QED) is 0.805. The van der Waals surface area contributed by atoms with Crippen LogP contribution in [0.1, 0.15) is 38.5 Å². The Labute approximate surface area is 138 Å². The molecule has 2 aromatic rings. The fourth-order valence-electron chi connectivity index (χ4n) is 2.13. The summed E-state index contributed by atoms with van der Waals surface area (Å²) in [6, 6.07) is 4.09. The van der Waals surface area contributed by atoms with Gasteiger partial charge in [0.15, 0.2) is 0 Å². The number of hydrogen-bond donors (Lipinski definition) is 1. The van der Waals surface area contributed by atoms with Gasteiger partial charge in [0.2, 0.25) is 5.91 Å². The van der Waals surface area contributed by atoms with Crippen LogP contribution in [-0.2, 0) is 16.0 Å². The Balaban J connectivity index is 1.96. The molecule has 0 unspecified atom stereocenters. The molecule has 6 heteroatoms. The standard InChI is InChI=1S/C16H19NO3S2/c1-10-11(2)22-15(14(10)16(19)20-3)17-13(18)8-4-6-12-7-5-9-21-12/h5,7,9H,4,6,8H2,1-3H3,(H,17,18). The van der Waals surface area contributed by atoms with E-state index in [2.05, 4.69) is 11.4 Å². The highest BCUT2D eigenvalue weighted by Gasteiger charge is 2.21. The Morgan fingerprint density at radius 3 is 2.73 bits per heavy atom. The number of methoxy groups -OCH3 is 1. The Morgan fingerprint density at radius 2 is 2.09 bits per heavy atom. The minimum absolute atomic E-state index is 0.0667. The molecule has 0 aromatic carbocycles. The molecule has 1 N–H and O–H groups in total. The zero-order chi connectivity index (χ0) is 16.1. The molecule has 1 amide bonds. The molecule has 0 atom stereocenters. The molecule has 2 aromatic heterocycles. The molecule has 118 valence electrons. The SMILES string of the molecule is COC(=O)c1c(NC(=O)CCCc2cccs2)sc(C)c1C. The van der Waals surface area contributed by atoms with Crippen LogP contribution in [0.5, 0.6) is 0 Å². The van der Waals surface area contributed by atoms with E-state index in [1.807, 2.05) is 25.3 Å². The van der Waals surface area contributed by atoms with E-state index in [0.29, 0.717) is 17.0 Å². The van der Waals surface area contributed by atoms with Crippen LogP contribution < -0.4 is 5.32 Å². The first-order chi connectivity index (χ1) is 10.5. The second-order valence-corrected chi connectivity index (χ2v) is 7.22. The number of amides is 1. The van der Waals surface area contributed by atoms with Gasteiger partial charge in [-0.15, -0.1) is 22.7 Å². The molecule has 4 nitrogen and oxygen atoms in total.